The quantitative estimate of drug-likeness (QED) is 0.877. The Morgan fingerprint density at radius 1 is 1.12 bits per heavy atom. The van der Waals surface area contributed by atoms with Crippen LogP contribution in [0, 0.1) is 0 Å². The van der Waals surface area contributed by atoms with E-state index in [1.165, 1.54) is 0 Å². The van der Waals surface area contributed by atoms with E-state index in [1.807, 2.05) is 36.4 Å². The molecule has 0 bridgehead atoms. The van der Waals surface area contributed by atoms with Crippen molar-refractivity contribution < 1.29 is 14.3 Å². The van der Waals surface area contributed by atoms with Gasteiger partial charge in [-0.3, -0.25) is 9.59 Å². The van der Waals surface area contributed by atoms with Crippen molar-refractivity contribution in [2.75, 3.05) is 26.0 Å². The lowest BCUT2D eigenvalue weighted by Gasteiger charge is -2.16. The third kappa shape index (κ3) is 3.57. The number of nitrogens with one attached hydrogen (secondary N) is 2. The van der Waals surface area contributed by atoms with Crippen LogP contribution in [0.5, 0.6) is 5.75 Å². The number of carbonyl (C=O) groups is 2. The van der Waals surface area contributed by atoms with Crippen LogP contribution < -0.4 is 15.4 Å². The summed E-state index contributed by atoms with van der Waals surface area (Å²) in [6.45, 7) is 0.658. The van der Waals surface area contributed by atoms with Crippen molar-refractivity contribution in [3.8, 4) is 5.75 Å². The zero-order chi connectivity index (χ0) is 17.8. The van der Waals surface area contributed by atoms with Gasteiger partial charge in [-0.1, -0.05) is 24.3 Å². The molecule has 0 aliphatic carbocycles. The summed E-state index contributed by atoms with van der Waals surface area (Å²) >= 11 is 0. The number of hydrogen-bond donors (Lipinski definition) is 2. The highest BCUT2D eigenvalue weighted by molar-refractivity contribution is 6.02. The zero-order valence-electron chi connectivity index (χ0n) is 14.3. The molecule has 1 fully saturated rings. The lowest BCUT2D eigenvalue weighted by atomic mass is 10.1. The van der Waals surface area contributed by atoms with Gasteiger partial charge in [0.15, 0.2) is 0 Å². The summed E-state index contributed by atoms with van der Waals surface area (Å²) in [4.78, 5) is 26.3. The highest BCUT2D eigenvalue weighted by atomic mass is 16.5. The van der Waals surface area contributed by atoms with E-state index in [9.17, 15) is 9.59 Å². The molecule has 130 valence electrons. The van der Waals surface area contributed by atoms with Crippen LogP contribution >= 0.6 is 0 Å². The summed E-state index contributed by atoms with van der Waals surface area (Å²) < 4.78 is 5.34. The molecule has 1 unspecified atom stereocenters. The van der Waals surface area contributed by atoms with Gasteiger partial charge in [-0.25, -0.2) is 0 Å². The number of hydrogen-bond acceptors (Lipinski definition) is 4. The molecule has 3 rings (SSSR count). The normalized spacial score (nSPS) is 16.6. The Balaban J connectivity index is 1.81. The standard InChI is InChI=1S/C19H21N3O3/c1-22-12-11-16(19(22)24)21-18(23)13-7-3-4-8-14(13)20-15-9-5-6-10-17(15)25-2/h3-10,16,20H,11-12H2,1-2H3,(H,21,23). The summed E-state index contributed by atoms with van der Waals surface area (Å²) in [6.07, 6.45) is 0.628. The van der Waals surface area contributed by atoms with Gasteiger partial charge < -0.3 is 20.3 Å². The molecule has 6 nitrogen and oxygen atoms in total. The number of likely N-dealkylation sites (N-methyl/N-ethyl adjacent to an activating group) is 1. The molecule has 1 saturated heterocycles. The van der Waals surface area contributed by atoms with Crippen molar-refractivity contribution in [3.05, 3.63) is 54.1 Å². The molecular weight excluding hydrogens is 318 g/mol. The average Bonchev–Trinajstić information content (AvgIpc) is 2.94. The van der Waals surface area contributed by atoms with Crippen LogP contribution in [-0.2, 0) is 4.79 Å². The lowest BCUT2D eigenvalue weighted by molar-refractivity contribution is -0.128. The second-order valence-corrected chi connectivity index (χ2v) is 5.95. The first-order valence-electron chi connectivity index (χ1n) is 8.15. The van der Waals surface area contributed by atoms with Crippen LogP contribution in [0.3, 0.4) is 0 Å². The predicted molar refractivity (Wildman–Crippen MR) is 96.2 cm³/mol. The van der Waals surface area contributed by atoms with Gasteiger partial charge in [0, 0.05) is 13.6 Å². The minimum atomic E-state index is -0.461. The fraction of sp³-hybridized carbons (Fsp3) is 0.263. The maximum atomic E-state index is 12.7. The fourth-order valence-corrected chi connectivity index (χ4v) is 2.88. The van der Waals surface area contributed by atoms with Gasteiger partial charge in [0.2, 0.25) is 5.91 Å². The van der Waals surface area contributed by atoms with Crippen LogP contribution in [0.15, 0.2) is 48.5 Å². The van der Waals surface area contributed by atoms with Crippen molar-refractivity contribution in [2.45, 2.75) is 12.5 Å². The summed E-state index contributed by atoms with van der Waals surface area (Å²) in [5.74, 6) is 0.362. The van der Waals surface area contributed by atoms with Crippen molar-refractivity contribution in [2.24, 2.45) is 0 Å². The number of ether oxygens (including phenoxy) is 1. The van der Waals surface area contributed by atoms with E-state index in [0.29, 0.717) is 30.0 Å². The zero-order valence-corrected chi connectivity index (χ0v) is 14.3. The second-order valence-electron chi connectivity index (χ2n) is 5.95. The first kappa shape index (κ1) is 16.8. The highest BCUT2D eigenvalue weighted by Crippen LogP contribution is 2.28. The van der Waals surface area contributed by atoms with E-state index in [2.05, 4.69) is 10.6 Å². The van der Waals surface area contributed by atoms with E-state index in [-0.39, 0.29) is 11.8 Å². The smallest absolute Gasteiger partial charge is 0.254 e. The molecule has 1 heterocycles. The van der Waals surface area contributed by atoms with E-state index in [0.717, 1.165) is 5.69 Å². The molecule has 0 aromatic heterocycles. The molecule has 0 radical (unpaired) electrons. The number of para-hydroxylation sites is 3. The number of amides is 2. The van der Waals surface area contributed by atoms with Crippen LogP contribution in [0.4, 0.5) is 11.4 Å². The van der Waals surface area contributed by atoms with Gasteiger partial charge >= 0.3 is 0 Å². The Kier molecular flexibility index (Phi) is 4.88. The number of likely N-dealkylation sites (tertiary alicyclic amines) is 1. The van der Waals surface area contributed by atoms with E-state index >= 15 is 0 Å². The average molecular weight is 339 g/mol. The third-order valence-corrected chi connectivity index (χ3v) is 4.28. The maximum Gasteiger partial charge on any atom is 0.254 e. The van der Waals surface area contributed by atoms with Crippen molar-refractivity contribution in [1.29, 1.82) is 0 Å². The minimum absolute atomic E-state index is 0.0523. The Labute approximate surface area is 146 Å². The molecule has 2 aromatic carbocycles. The first-order valence-corrected chi connectivity index (χ1v) is 8.15. The van der Waals surface area contributed by atoms with Gasteiger partial charge in [0.05, 0.1) is 24.0 Å². The number of benzene rings is 2. The molecule has 2 amide bonds. The number of rotatable bonds is 5. The van der Waals surface area contributed by atoms with Gasteiger partial charge in [-0.15, -0.1) is 0 Å². The third-order valence-electron chi connectivity index (χ3n) is 4.28. The van der Waals surface area contributed by atoms with Crippen LogP contribution in [0.25, 0.3) is 0 Å². The minimum Gasteiger partial charge on any atom is -0.495 e. The topological polar surface area (TPSA) is 70.7 Å². The predicted octanol–water partition coefficient (Wildman–Crippen LogP) is 2.40. The van der Waals surface area contributed by atoms with Crippen molar-refractivity contribution in [3.63, 3.8) is 0 Å². The van der Waals surface area contributed by atoms with Crippen LogP contribution in [-0.4, -0.2) is 43.5 Å². The van der Waals surface area contributed by atoms with Gasteiger partial charge in [-0.05, 0) is 30.7 Å². The Morgan fingerprint density at radius 2 is 1.80 bits per heavy atom. The SMILES string of the molecule is COc1ccccc1Nc1ccccc1C(=O)NC1CCN(C)C1=O. The summed E-state index contributed by atoms with van der Waals surface area (Å²) in [5.41, 5.74) is 1.90. The molecule has 0 spiro atoms. The molecule has 2 aromatic rings. The molecule has 1 aliphatic heterocycles. The van der Waals surface area contributed by atoms with Crippen LogP contribution in [0.1, 0.15) is 16.8 Å². The molecule has 2 N–H and O–H groups in total. The molecule has 0 saturated carbocycles. The van der Waals surface area contributed by atoms with E-state index in [1.54, 1.807) is 31.2 Å². The van der Waals surface area contributed by atoms with Gasteiger partial charge in [-0.2, -0.15) is 0 Å². The number of nitrogens with zero attached hydrogens (tertiary/aromatic N) is 1. The number of carbonyl (C=O) groups excluding carboxylic acids is 2. The maximum absolute atomic E-state index is 12.7. The molecule has 1 aliphatic rings. The van der Waals surface area contributed by atoms with E-state index < -0.39 is 6.04 Å². The van der Waals surface area contributed by atoms with Crippen molar-refractivity contribution >= 4 is 23.2 Å². The van der Waals surface area contributed by atoms with Crippen molar-refractivity contribution in [1.82, 2.24) is 10.2 Å². The first-order chi connectivity index (χ1) is 12.1. The van der Waals surface area contributed by atoms with Crippen LogP contribution in [0.2, 0.25) is 0 Å². The van der Waals surface area contributed by atoms with E-state index in [4.69, 9.17) is 4.74 Å². The monoisotopic (exact) mass is 339 g/mol. The summed E-state index contributed by atoms with van der Waals surface area (Å²) in [6, 6.07) is 14.2. The molecule has 25 heavy (non-hydrogen) atoms. The Bertz CT molecular complexity index is 791. The molecule has 1 atom stereocenters. The fourth-order valence-electron chi connectivity index (χ4n) is 2.88. The van der Waals surface area contributed by atoms with Gasteiger partial charge in [0.25, 0.3) is 5.91 Å². The summed E-state index contributed by atoms with van der Waals surface area (Å²) in [5, 5.41) is 6.07. The summed E-state index contributed by atoms with van der Waals surface area (Å²) in [7, 11) is 3.34. The second kappa shape index (κ2) is 7.25. The number of methoxy groups -OCH3 is 1. The number of anilines is 2. The largest absolute Gasteiger partial charge is 0.495 e. The Morgan fingerprint density at radius 3 is 2.48 bits per heavy atom. The molecular formula is C19H21N3O3. The van der Waals surface area contributed by atoms with Gasteiger partial charge in [0.1, 0.15) is 11.8 Å². The highest BCUT2D eigenvalue weighted by Gasteiger charge is 2.30. The lowest BCUT2D eigenvalue weighted by Crippen LogP contribution is -2.40. The Hall–Kier alpha value is -3.02. The molecule has 6 heteroatoms.